The van der Waals surface area contributed by atoms with Gasteiger partial charge in [0.15, 0.2) is 11.5 Å². The van der Waals surface area contributed by atoms with Crippen molar-refractivity contribution in [3.63, 3.8) is 0 Å². The van der Waals surface area contributed by atoms with Crippen molar-refractivity contribution in [3.05, 3.63) is 34.3 Å². The average Bonchev–Trinajstić information content (AvgIpc) is 3.34. The first kappa shape index (κ1) is 17.8. The van der Waals surface area contributed by atoms with Crippen molar-refractivity contribution in [3.8, 4) is 23.8 Å². The first-order valence-electron chi connectivity index (χ1n) is 8.59. The van der Waals surface area contributed by atoms with Crippen molar-refractivity contribution in [2.45, 2.75) is 6.42 Å². The van der Waals surface area contributed by atoms with Crippen LogP contribution in [0, 0.1) is 36.0 Å². The summed E-state index contributed by atoms with van der Waals surface area (Å²) in [4.78, 5) is 25.3. The van der Waals surface area contributed by atoms with Crippen LogP contribution in [0.2, 0.25) is 0 Å². The number of fused-ring (bicyclic) bond motifs is 5. The second-order valence-corrected chi connectivity index (χ2v) is 7.60. The Balaban J connectivity index is 1.58. The Morgan fingerprint density at radius 3 is 2.52 bits per heavy atom. The fraction of sp³-hybridized carbons (Fsp3) is 0.350. The van der Waals surface area contributed by atoms with Gasteiger partial charge in [-0.3, -0.25) is 9.59 Å². The number of halogens is 1. The molecule has 0 unspecified atom stereocenters. The van der Waals surface area contributed by atoms with E-state index in [0.29, 0.717) is 21.5 Å². The monoisotopic (exact) mass is 428 g/mol. The van der Waals surface area contributed by atoms with Gasteiger partial charge in [-0.15, -0.1) is 6.42 Å². The molecule has 4 rings (SSSR count). The molecule has 1 saturated carbocycles. The molecule has 1 aromatic rings. The molecule has 2 amide bonds. The van der Waals surface area contributed by atoms with Crippen molar-refractivity contribution in [1.82, 2.24) is 5.01 Å². The minimum atomic E-state index is -0.262. The molecule has 0 N–H and O–H groups in total. The molecule has 2 fully saturated rings. The molecule has 2 aliphatic carbocycles. The van der Waals surface area contributed by atoms with E-state index in [2.05, 4.69) is 39.1 Å². The van der Waals surface area contributed by atoms with E-state index in [4.69, 9.17) is 15.9 Å². The van der Waals surface area contributed by atoms with Gasteiger partial charge >= 0.3 is 0 Å². The van der Waals surface area contributed by atoms with Crippen LogP contribution in [0.4, 0.5) is 0 Å². The molecule has 0 radical (unpaired) electrons. The number of carbonyl (C=O) groups is 2. The third kappa shape index (κ3) is 2.85. The molecule has 1 aromatic carbocycles. The molecule has 138 valence electrons. The van der Waals surface area contributed by atoms with Gasteiger partial charge in [0.1, 0.15) is 6.61 Å². The van der Waals surface area contributed by atoms with Gasteiger partial charge < -0.3 is 9.47 Å². The van der Waals surface area contributed by atoms with Crippen LogP contribution in [0.15, 0.2) is 33.9 Å². The van der Waals surface area contributed by atoms with E-state index in [1.807, 2.05) is 0 Å². The van der Waals surface area contributed by atoms with Crippen LogP contribution in [-0.4, -0.2) is 36.8 Å². The lowest BCUT2D eigenvalue weighted by Gasteiger charge is -2.13. The summed E-state index contributed by atoms with van der Waals surface area (Å²) in [5.41, 5.74) is 0.652. The quantitative estimate of drug-likeness (QED) is 0.312. The van der Waals surface area contributed by atoms with Crippen molar-refractivity contribution in [2.24, 2.45) is 28.8 Å². The molecule has 0 spiro atoms. The van der Waals surface area contributed by atoms with Crippen LogP contribution in [0.5, 0.6) is 11.5 Å². The van der Waals surface area contributed by atoms with Crippen LogP contribution in [0.1, 0.15) is 12.0 Å². The summed E-state index contributed by atoms with van der Waals surface area (Å²) in [6, 6.07) is 3.42. The first-order valence-corrected chi connectivity index (χ1v) is 9.38. The number of terminal acetylenes is 1. The zero-order chi connectivity index (χ0) is 19.1. The zero-order valence-electron chi connectivity index (χ0n) is 14.6. The number of allylic oxidation sites excluding steroid dienone is 2. The molecule has 2 bridgehead atoms. The van der Waals surface area contributed by atoms with Gasteiger partial charge in [-0.05, 0) is 46.3 Å². The minimum absolute atomic E-state index is 0.117. The Bertz CT molecular complexity index is 887. The lowest BCUT2D eigenvalue weighted by Crippen LogP contribution is -2.28. The number of methoxy groups -OCH3 is 1. The number of hydrazone groups is 1. The zero-order valence-corrected chi connectivity index (χ0v) is 16.2. The van der Waals surface area contributed by atoms with E-state index in [1.165, 1.54) is 13.3 Å². The van der Waals surface area contributed by atoms with E-state index in [-0.39, 0.29) is 42.1 Å². The van der Waals surface area contributed by atoms with Crippen molar-refractivity contribution < 1.29 is 19.1 Å². The molecular formula is C20H17BrN2O4. The number of hydrogen-bond acceptors (Lipinski definition) is 5. The number of benzene rings is 1. The molecule has 1 saturated heterocycles. The Labute approximate surface area is 165 Å². The molecule has 0 aromatic heterocycles. The van der Waals surface area contributed by atoms with E-state index in [9.17, 15) is 9.59 Å². The second kappa shape index (κ2) is 6.86. The number of hydrogen-bond donors (Lipinski definition) is 0. The van der Waals surface area contributed by atoms with Gasteiger partial charge in [0.2, 0.25) is 0 Å². The lowest BCUT2D eigenvalue weighted by atomic mass is 9.85. The summed E-state index contributed by atoms with van der Waals surface area (Å²) < 4.78 is 11.4. The van der Waals surface area contributed by atoms with Crippen LogP contribution in [-0.2, 0) is 9.59 Å². The van der Waals surface area contributed by atoms with Gasteiger partial charge in [-0.1, -0.05) is 18.1 Å². The first-order chi connectivity index (χ1) is 13.0. The molecular weight excluding hydrogens is 412 g/mol. The van der Waals surface area contributed by atoms with Gasteiger partial charge in [-0.25, -0.2) is 0 Å². The Kier molecular flexibility index (Phi) is 4.52. The number of nitrogens with zero attached hydrogens (tertiary/aromatic N) is 2. The topological polar surface area (TPSA) is 68.2 Å². The number of ether oxygens (including phenoxy) is 2. The van der Waals surface area contributed by atoms with Crippen LogP contribution >= 0.6 is 15.9 Å². The van der Waals surface area contributed by atoms with E-state index < -0.39 is 0 Å². The van der Waals surface area contributed by atoms with Crippen molar-refractivity contribution >= 4 is 34.0 Å². The van der Waals surface area contributed by atoms with Gasteiger partial charge in [0, 0.05) is 10.0 Å². The molecule has 27 heavy (non-hydrogen) atoms. The van der Waals surface area contributed by atoms with E-state index in [1.54, 1.807) is 12.1 Å². The summed E-state index contributed by atoms with van der Waals surface area (Å²) in [5, 5.41) is 5.20. The minimum Gasteiger partial charge on any atom is -0.493 e. The summed E-state index contributed by atoms with van der Waals surface area (Å²) in [5.74, 6) is 2.75. The van der Waals surface area contributed by atoms with Crippen molar-refractivity contribution in [1.29, 1.82) is 0 Å². The van der Waals surface area contributed by atoms with Gasteiger partial charge in [0.05, 0.1) is 25.2 Å². The highest BCUT2D eigenvalue weighted by molar-refractivity contribution is 9.10. The smallest absolute Gasteiger partial charge is 0.254 e. The summed E-state index contributed by atoms with van der Waals surface area (Å²) in [7, 11) is 1.52. The molecule has 4 atom stereocenters. The van der Waals surface area contributed by atoms with Gasteiger partial charge in [0.25, 0.3) is 11.8 Å². The summed E-state index contributed by atoms with van der Waals surface area (Å²) in [6.45, 7) is 0.117. The van der Waals surface area contributed by atoms with E-state index in [0.717, 1.165) is 11.4 Å². The summed E-state index contributed by atoms with van der Waals surface area (Å²) in [6.07, 6.45) is 11.7. The van der Waals surface area contributed by atoms with Crippen LogP contribution in [0.3, 0.4) is 0 Å². The molecule has 7 heteroatoms. The molecule has 6 nitrogen and oxygen atoms in total. The number of carbonyl (C=O) groups excluding carboxylic acids is 2. The highest BCUT2D eigenvalue weighted by Crippen LogP contribution is 2.52. The predicted molar refractivity (Wildman–Crippen MR) is 102 cm³/mol. The van der Waals surface area contributed by atoms with Gasteiger partial charge in [-0.2, -0.15) is 10.1 Å². The third-order valence-electron chi connectivity index (χ3n) is 5.35. The third-order valence-corrected chi connectivity index (χ3v) is 6.04. The largest absolute Gasteiger partial charge is 0.493 e. The lowest BCUT2D eigenvalue weighted by molar-refractivity contribution is -0.140. The standard InChI is InChI=1S/C20H17BrN2O4/c1-3-6-27-16-9-14(21)13(8-15(16)26-2)10-22-23-19(24)17-11-4-5-12(7-11)18(17)20(23)25/h1,4-5,8-12,17-18H,6-7H2,2H3/t11-,12-,17-,18+/m0/s1. The highest BCUT2D eigenvalue weighted by Gasteiger charge is 2.59. The Morgan fingerprint density at radius 2 is 1.93 bits per heavy atom. The van der Waals surface area contributed by atoms with Crippen molar-refractivity contribution in [2.75, 3.05) is 13.7 Å². The Hall–Kier alpha value is -2.59. The SMILES string of the molecule is C#CCOc1cc(Br)c(C=NN2C(=O)[C@@H]3[C@H](C2=O)[C@H]2C=C[C@H]3C2)cc1OC. The normalized spacial score (nSPS) is 28.1. The summed E-state index contributed by atoms with van der Waals surface area (Å²) >= 11 is 3.44. The molecule has 3 aliphatic rings. The molecule has 1 heterocycles. The maximum atomic E-state index is 12.7. The number of rotatable bonds is 5. The molecule has 1 aliphatic heterocycles. The number of amides is 2. The predicted octanol–water partition coefficient (Wildman–Crippen LogP) is 2.61. The second-order valence-electron chi connectivity index (χ2n) is 6.75. The fourth-order valence-corrected chi connectivity index (χ4v) is 4.59. The van der Waals surface area contributed by atoms with Crippen LogP contribution in [0.25, 0.3) is 0 Å². The maximum absolute atomic E-state index is 12.7. The van der Waals surface area contributed by atoms with E-state index >= 15 is 0 Å². The average molecular weight is 429 g/mol. The fourth-order valence-electron chi connectivity index (χ4n) is 4.16. The number of imide groups is 1. The highest BCUT2D eigenvalue weighted by atomic mass is 79.9. The maximum Gasteiger partial charge on any atom is 0.254 e. The Morgan fingerprint density at radius 1 is 1.26 bits per heavy atom. The van der Waals surface area contributed by atoms with Crippen LogP contribution < -0.4 is 9.47 Å².